The maximum absolute atomic E-state index is 12.2. The first kappa shape index (κ1) is 16.8. The van der Waals surface area contributed by atoms with Crippen LogP contribution in [0.25, 0.3) is 0 Å². The zero-order chi connectivity index (χ0) is 16.2. The summed E-state index contributed by atoms with van der Waals surface area (Å²) in [7, 11) is 0. The van der Waals surface area contributed by atoms with Crippen molar-refractivity contribution in [3.05, 3.63) is 52.3 Å². The molecule has 2 aliphatic rings. The van der Waals surface area contributed by atoms with Crippen LogP contribution in [0.15, 0.2) is 52.3 Å². The molecular weight excluding hydrogens is 298 g/mol. The van der Waals surface area contributed by atoms with Gasteiger partial charge in [0.1, 0.15) is 5.54 Å². The Kier molecular flexibility index (Phi) is 5.47. The molecule has 1 saturated heterocycles. The fourth-order valence-corrected chi connectivity index (χ4v) is 3.13. The van der Waals surface area contributed by atoms with Crippen molar-refractivity contribution >= 4 is 17.5 Å². The predicted molar refractivity (Wildman–Crippen MR) is 89.6 cm³/mol. The van der Waals surface area contributed by atoms with E-state index in [1.165, 1.54) is 0 Å². The molecule has 118 valence electrons. The van der Waals surface area contributed by atoms with E-state index in [0.29, 0.717) is 18.2 Å². The highest BCUT2D eigenvalue weighted by molar-refractivity contribution is 6.31. The Morgan fingerprint density at radius 1 is 1.50 bits per heavy atom. The Hall–Kier alpha value is -1.54. The Bertz CT molecular complexity index is 603. The van der Waals surface area contributed by atoms with E-state index in [1.54, 1.807) is 12.2 Å². The molecule has 0 aromatic carbocycles. The number of amides is 1. The number of carbonyl (C=O) groups is 1. The Balaban J connectivity index is 2.27. The number of nitrogens with one attached hydrogen (secondary N) is 1. The molecule has 1 spiro atoms. The summed E-state index contributed by atoms with van der Waals surface area (Å²) in [5, 5.41) is 3.69. The molecule has 1 fully saturated rings. The highest BCUT2D eigenvalue weighted by Gasteiger charge is 2.48. The molecule has 1 amide bonds. The summed E-state index contributed by atoms with van der Waals surface area (Å²) < 4.78 is 5.35. The van der Waals surface area contributed by atoms with E-state index in [0.717, 1.165) is 17.6 Å². The van der Waals surface area contributed by atoms with Gasteiger partial charge < -0.3 is 10.1 Å². The average Bonchev–Trinajstić information content (AvgIpc) is 2.44. The van der Waals surface area contributed by atoms with Crippen LogP contribution in [0.1, 0.15) is 27.2 Å². The number of hydrogen-bond donors (Lipinski definition) is 1. The molecule has 1 unspecified atom stereocenters. The third kappa shape index (κ3) is 3.27. The lowest BCUT2D eigenvalue weighted by atomic mass is 9.76. The molecule has 0 aliphatic carbocycles. The van der Waals surface area contributed by atoms with E-state index in [-0.39, 0.29) is 17.4 Å². The fraction of sp³-hybridized carbons (Fsp3) is 0.444. The van der Waals surface area contributed by atoms with Gasteiger partial charge in [-0.15, -0.1) is 5.73 Å². The van der Waals surface area contributed by atoms with Crippen molar-refractivity contribution in [3.63, 3.8) is 0 Å². The van der Waals surface area contributed by atoms with Gasteiger partial charge in [0.05, 0.1) is 24.2 Å². The van der Waals surface area contributed by atoms with Crippen LogP contribution in [0.3, 0.4) is 0 Å². The first-order valence-corrected chi connectivity index (χ1v) is 7.94. The lowest BCUT2D eigenvalue weighted by Gasteiger charge is -2.48. The molecule has 2 heterocycles. The lowest BCUT2D eigenvalue weighted by Crippen LogP contribution is -2.66. The average molecular weight is 320 g/mol. The van der Waals surface area contributed by atoms with Crippen molar-refractivity contribution < 1.29 is 9.53 Å². The van der Waals surface area contributed by atoms with Gasteiger partial charge >= 0.3 is 0 Å². The van der Waals surface area contributed by atoms with E-state index < -0.39 is 0 Å². The smallest absolute Gasteiger partial charge is 0.228 e. The molecule has 4 heteroatoms. The number of allylic oxidation sites excluding steroid dienone is 4. The van der Waals surface area contributed by atoms with Crippen molar-refractivity contribution in [3.8, 4) is 0 Å². The Labute approximate surface area is 137 Å². The molecule has 0 aromatic heterocycles. The van der Waals surface area contributed by atoms with Crippen molar-refractivity contribution in [2.45, 2.75) is 32.7 Å². The van der Waals surface area contributed by atoms with Crippen molar-refractivity contribution in [1.82, 2.24) is 5.32 Å². The van der Waals surface area contributed by atoms with Gasteiger partial charge in [-0.2, -0.15) is 0 Å². The number of halogens is 1. The van der Waals surface area contributed by atoms with Gasteiger partial charge in [-0.05, 0) is 38.0 Å². The third-order valence-corrected chi connectivity index (χ3v) is 4.38. The number of carbonyl (C=O) groups excluding carboxylic acids is 1. The topological polar surface area (TPSA) is 38.3 Å². The summed E-state index contributed by atoms with van der Waals surface area (Å²) in [6, 6.07) is 0. The molecule has 0 saturated carbocycles. The van der Waals surface area contributed by atoms with Crippen LogP contribution in [-0.4, -0.2) is 24.7 Å². The molecule has 2 aliphatic heterocycles. The minimum absolute atomic E-state index is 0.0543. The van der Waals surface area contributed by atoms with Crippen LogP contribution in [0.2, 0.25) is 0 Å². The highest BCUT2D eigenvalue weighted by atomic mass is 35.5. The van der Waals surface area contributed by atoms with Crippen LogP contribution in [0, 0.1) is 5.92 Å². The summed E-state index contributed by atoms with van der Waals surface area (Å²) in [6.45, 7) is 7.02. The molecule has 0 aromatic rings. The summed E-state index contributed by atoms with van der Waals surface area (Å²) in [5.41, 5.74) is 4.84. The van der Waals surface area contributed by atoms with E-state index in [1.807, 2.05) is 32.9 Å². The van der Waals surface area contributed by atoms with Crippen LogP contribution in [0.5, 0.6) is 0 Å². The Morgan fingerprint density at radius 2 is 2.23 bits per heavy atom. The van der Waals surface area contributed by atoms with Crippen LogP contribution < -0.4 is 5.32 Å². The molecule has 1 N–H and O–H groups in total. The first-order chi connectivity index (χ1) is 10.5. The molecule has 0 bridgehead atoms. The summed E-state index contributed by atoms with van der Waals surface area (Å²) in [5.74, 6) is 0.0522. The van der Waals surface area contributed by atoms with Crippen molar-refractivity contribution in [1.29, 1.82) is 0 Å². The largest absolute Gasteiger partial charge is 0.376 e. The minimum Gasteiger partial charge on any atom is -0.376 e. The van der Waals surface area contributed by atoms with Gasteiger partial charge in [0.15, 0.2) is 0 Å². The Morgan fingerprint density at radius 3 is 2.77 bits per heavy atom. The molecule has 0 radical (unpaired) electrons. The molecule has 3 nitrogen and oxygen atoms in total. The van der Waals surface area contributed by atoms with Crippen LogP contribution in [0.4, 0.5) is 0 Å². The minimum atomic E-state index is -0.347. The summed E-state index contributed by atoms with van der Waals surface area (Å²) in [6.07, 6.45) is 10.2. The second-order valence-electron chi connectivity index (χ2n) is 5.62. The number of hydrogen-bond acceptors (Lipinski definition) is 2. The zero-order valence-electron chi connectivity index (χ0n) is 13.3. The van der Waals surface area contributed by atoms with Crippen molar-refractivity contribution in [2.24, 2.45) is 5.92 Å². The predicted octanol–water partition coefficient (Wildman–Crippen LogP) is 3.64. The van der Waals surface area contributed by atoms with E-state index >= 15 is 0 Å². The van der Waals surface area contributed by atoms with Gasteiger partial charge in [0, 0.05) is 0 Å². The zero-order valence-corrected chi connectivity index (χ0v) is 14.0. The maximum Gasteiger partial charge on any atom is 0.228 e. The highest BCUT2D eigenvalue weighted by Crippen LogP contribution is 2.37. The van der Waals surface area contributed by atoms with Gasteiger partial charge in [0.2, 0.25) is 5.91 Å². The standard InChI is InChI=1S/C18H22ClNO2/c1-4-8-14(19)9-6-7-10-16-13(3)15(5-2)17(21)20-18(16)11-22-12-18/h4,6-7,9-10,15H,5,11-12H2,1-3H3,(H,20,21)/b9-6+,10-7+. The first-order valence-electron chi connectivity index (χ1n) is 7.56. The third-order valence-electron chi connectivity index (χ3n) is 4.15. The number of rotatable bonds is 4. The van der Waals surface area contributed by atoms with Gasteiger partial charge in [-0.25, -0.2) is 0 Å². The second kappa shape index (κ2) is 7.15. The molecule has 22 heavy (non-hydrogen) atoms. The number of ether oxygens (including phenoxy) is 1. The van der Waals surface area contributed by atoms with E-state index in [9.17, 15) is 4.79 Å². The monoisotopic (exact) mass is 319 g/mol. The normalized spacial score (nSPS) is 23.6. The molecule has 1 atom stereocenters. The van der Waals surface area contributed by atoms with Gasteiger partial charge in [0.25, 0.3) is 0 Å². The fourth-order valence-electron chi connectivity index (χ4n) is 2.95. The molecular formula is C18H22ClNO2. The maximum atomic E-state index is 12.2. The van der Waals surface area contributed by atoms with Crippen LogP contribution >= 0.6 is 11.6 Å². The summed E-state index contributed by atoms with van der Waals surface area (Å²) >= 11 is 5.95. The summed E-state index contributed by atoms with van der Waals surface area (Å²) in [4.78, 5) is 12.2. The lowest BCUT2D eigenvalue weighted by molar-refractivity contribution is -0.134. The SMILES string of the molecule is CC=C=C(Cl)/C=C/C=C/C1=C(C)C(CC)C(=O)NC12COC2. The van der Waals surface area contributed by atoms with Crippen molar-refractivity contribution in [2.75, 3.05) is 13.2 Å². The molecule has 2 rings (SSSR count). The van der Waals surface area contributed by atoms with Gasteiger partial charge in [-0.3, -0.25) is 4.79 Å². The van der Waals surface area contributed by atoms with Crippen LogP contribution in [-0.2, 0) is 9.53 Å². The second-order valence-corrected chi connectivity index (χ2v) is 6.03. The van der Waals surface area contributed by atoms with E-state index in [2.05, 4.69) is 17.1 Å². The quantitative estimate of drug-likeness (QED) is 0.634. The van der Waals surface area contributed by atoms with Gasteiger partial charge in [-0.1, -0.05) is 42.3 Å². The van der Waals surface area contributed by atoms with E-state index in [4.69, 9.17) is 16.3 Å².